The molecule has 0 fully saturated rings. The zero-order valence-electron chi connectivity index (χ0n) is 21.8. The van der Waals surface area contributed by atoms with Crippen LogP contribution in [0.3, 0.4) is 0 Å². The van der Waals surface area contributed by atoms with Gasteiger partial charge in [-0.2, -0.15) is 5.10 Å². The largest absolute Gasteiger partial charge is 0.454 e. The van der Waals surface area contributed by atoms with Crippen molar-refractivity contribution < 1.29 is 18.9 Å². The van der Waals surface area contributed by atoms with Crippen LogP contribution in [0.15, 0.2) is 46.7 Å². The molecule has 0 bridgehead atoms. The Labute approximate surface area is 248 Å². The maximum absolute atomic E-state index is 5.59. The molecule has 6 heterocycles. The quantitative estimate of drug-likeness (QED) is 0.291. The fourth-order valence-electron chi connectivity index (χ4n) is 5.91. The van der Waals surface area contributed by atoms with Crippen molar-refractivity contribution in [1.29, 1.82) is 0 Å². The molecule has 0 radical (unpaired) electrons. The van der Waals surface area contributed by atoms with E-state index in [9.17, 15) is 0 Å². The number of nitrogens with one attached hydrogen (secondary N) is 1. The lowest BCUT2D eigenvalue weighted by molar-refractivity contribution is 0.173. The number of hydrazone groups is 1. The van der Waals surface area contributed by atoms with E-state index in [1.54, 1.807) is 23.5 Å². The van der Waals surface area contributed by atoms with Crippen LogP contribution in [0.4, 0.5) is 5.95 Å². The second kappa shape index (κ2) is 9.50. The number of thiophene rings is 1. The van der Waals surface area contributed by atoms with Gasteiger partial charge in [-0.05, 0) is 66.6 Å². The van der Waals surface area contributed by atoms with E-state index in [0.717, 1.165) is 74.7 Å². The number of benzene rings is 2. The van der Waals surface area contributed by atoms with E-state index < -0.39 is 0 Å². The minimum atomic E-state index is -0.0780. The third kappa shape index (κ3) is 3.89. The summed E-state index contributed by atoms with van der Waals surface area (Å²) in [6, 6.07) is 12.2. The van der Waals surface area contributed by atoms with Crippen LogP contribution >= 0.6 is 34.9 Å². The lowest BCUT2D eigenvalue weighted by atomic mass is 9.94. The molecule has 0 saturated carbocycles. The smallest absolute Gasteiger partial charge is 0.241 e. The molecule has 10 nitrogen and oxygen atoms in total. The van der Waals surface area contributed by atoms with Crippen LogP contribution in [-0.2, 0) is 24.3 Å². The highest BCUT2D eigenvalue weighted by molar-refractivity contribution is 8.13. The highest BCUT2D eigenvalue weighted by atomic mass is 32.2. The van der Waals surface area contributed by atoms with Gasteiger partial charge in [0.15, 0.2) is 39.5 Å². The standard InChI is InChI=1S/C28H24N6O4S3/c1-2-4-22-17(3-1)23-24-29-31-27(39-11-15-5-7-18-20(9-15)37-13-35-18)33(24)26-30-32-28(34(26)25(23)41-22)40-12-16-6-8-19-21(10-16)38-14-36-19/h5-10,24,29H,1-4,11-14H2. The van der Waals surface area contributed by atoms with Crippen molar-refractivity contribution >= 4 is 46.0 Å². The van der Waals surface area contributed by atoms with E-state index in [1.165, 1.54) is 33.8 Å². The van der Waals surface area contributed by atoms with Crippen LogP contribution in [0.25, 0.3) is 5.00 Å². The summed E-state index contributed by atoms with van der Waals surface area (Å²) in [5.41, 5.74) is 8.55. The van der Waals surface area contributed by atoms with E-state index in [-0.39, 0.29) is 19.8 Å². The number of hydrogen-bond donors (Lipinski definition) is 1. The highest BCUT2D eigenvalue weighted by Gasteiger charge is 2.44. The third-order valence-corrected chi connectivity index (χ3v) is 11.2. The molecule has 2 aromatic heterocycles. The molecule has 1 unspecified atom stereocenters. The Kier molecular flexibility index (Phi) is 5.58. The van der Waals surface area contributed by atoms with E-state index in [1.807, 2.05) is 29.5 Å². The van der Waals surface area contributed by atoms with Gasteiger partial charge in [0, 0.05) is 21.9 Å². The van der Waals surface area contributed by atoms with Gasteiger partial charge in [-0.15, -0.1) is 21.5 Å². The average Bonchev–Trinajstić information content (AvgIpc) is 3.83. The summed E-state index contributed by atoms with van der Waals surface area (Å²) in [7, 11) is 0. The molecule has 13 heteroatoms. The molecule has 41 heavy (non-hydrogen) atoms. The first-order valence-corrected chi connectivity index (χ1v) is 16.3. The summed E-state index contributed by atoms with van der Waals surface area (Å²) in [4.78, 5) is 3.71. The van der Waals surface area contributed by atoms with Crippen LogP contribution in [0.2, 0.25) is 0 Å². The molecule has 4 aliphatic heterocycles. The Morgan fingerprint density at radius 3 is 2.34 bits per heavy atom. The number of nitrogens with zero attached hydrogens (tertiary/aromatic N) is 5. The molecule has 1 atom stereocenters. The van der Waals surface area contributed by atoms with Crippen molar-refractivity contribution in [3.8, 4) is 28.0 Å². The second-order valence-corrected chi connectivity index (χ2v) is 13.3. The molecule has 4 aromatic rings. The Morgan fingerprint density at radius 1 is 0.854 bits per heavy atom. The number of amidine groups is 1. The third-order valence-electron chi connectivity index (χ3n) is 7.86. The first-order valence-electron chi connectivity index (χ1n) is 13.6. The zero-order valence-corrected chi connectivity index (χ0v) is 24.2. The monoisotopic (exact) mass is 604 g/mol. The first kappa shape index (κ1) is 24.1. The van der Waals surface area contributed by atoms with E-state index in [4.69, 9.17) is 34.2 Å². The fraction of sp³-hybridized carbons (Fsp3) is 0.321. The van der Waals surface area contributed by atoms with Crippen LogP contribution in [0.5, 0.6) is 23.0 Å². The number of thioether (sulfide) groups is 2. The van der Waals surface area contributed by atoms with Gasteiger partial charge in [-0.25, -0.2) is 4.57 Å². The van der Waals surface area contributed by atoms with E-state index in [0.29, 0.717) is 0 Å². The first-order chi connectivity index (χ1) is 20.3. The molecule has 0 saturated heterocycles. The van der Waals surface area contributed by atoms with Gasteiger partial charge in [0.1, 0.15) is 5.00 Å². The molecule has 0 spiro atoms. The van der Waals surface area contributed by atoms with Gasteiger partial charge >= 0.3 is 0 Å². The summed E-state index contributed by atoms with van der Waals surface area (Å²) in [6.45, 7) is 0.549. The highest BCUT2D eigenvalue weighted by Crippen LogP contribution is 2.50. The van der Waals surface area contributed by atoms with Crippen molar-refractivity contribution in [2.24, 2.45) is 5.10 Å². The maximum Gasteiger partial charge on any atom is 0.241 e. The van der Waals surface area contributed by atoms with Crippen LogP contribution in [-0.4, -0.2) is 33.5 Å². The Hall–Kier alpha value is -3.55. The van der Waals surface area contributed by atoms with Crippen LogP contribution < -0.4 is 29.3 Å². The Balaban J connectivity index is 1.04. The molecule has 1 aliphatic carbocycles. The van der Waals surface area contributed by atoms with Crippen molar-refractivity contribution in [3.63, 3.8) is 0 Å². The Morgan fingerprint density at radius 2 is 1.56 bits per heavy atom. The molecular weight excluding hydrogens is 581 g/mol. The summed E-state index contributed by atoms with van der Waals surface area (Å²) in [6.07, 6.45) is 4.61. The number of fused-ring (bicyclic) bond motifs is 10. The summed E-state index contributed by atoms with van der Waals surface area (Å²) in [5.74, 6) is 5.48. The minimum absolute atomic E-state index is 0.0780. The molecular formula is C28H24N6O4S3. The van der Waals surface area contributed by atoms with Crippen molar-refractivity contribution in [2.75, 3.05) is 18.5 Å². The SMILES string of the molecule is c1cc2c(cc1CSC1=NNC3c4c(sc5c4CCCC5)-n4c(SCc5ccc6c(c5)OCO6)nnc4N13)OCO2. The lowest BCUT2D eigenvalue weighted by Gasteiger charge is -2.32. The molecule has 9 rings (SSSR count). The van der Waals surface area contributed by atoms with Gasteiger partial charge in [0.05, 0.1) is 0 Å². The van der Waals surface area contributed by atoms with Crippen LogP contribution in [0.1, 0.15) is 46.1 Å². The number of aromatic nitrogens is 3. The number of anilines is 1. The topological polar surface area (TPSA) is 95.3 Å². The maximum atomic E-state index is 5.59. The summed E-state index contributed by atoms with van der Waals surface area (Å²) in [5, 5.41) is 17.2. The number of rotatable bonds is 5. The zero-order chi connectivity index (χ0) is 26.9. The second-order valence-electron chi connectivity index (χ2n) is 10.3. The van der Waals surface area contributed by atoms with Crippen molar-refractivity contribution in [3.05, 3.63) is 63.5 Å². The number of ether oxygens (including phenoxy) is 4. The molecule has 2 aromatic carbocycles. The number of aryl methyl sites for hydroxylation is 1. The predicted octanol–water partition coefficient (Wildman–Crippen LogP) is 5.58. The van der Waals surface area contributed by atoms with Gasteiger partial charge in [0.25, 0.3) is 0 Å². The predicted molar refractivity (Wildman–Crippen MR) is 158 cm³/mol. The van der Waals surface area contributed by atoms with E-state index >= 15 is 0 Å². The molecule has 0 amide bonds. The number of hydrogen-bond acceptors (Lipinski definition) is 12. The summed E-state index contributed by atoms with van der Waals surface area (Å²) < 4.78 is 24.4. The minimum Gasteiger partial charge on any atom is -0.454 e. The van der Waals surface area contributed by atoms with Gasteiger partial charge in [-0.1, -0.05) is 35.7 Å². The van der Waals surface area contributed by atoms with E-state index in [2.05, 4.69) is 33.1 Å². The fourth-order valence-corrected chi connectivity index (χ4v) is 9.18. The summed E-state index contributed by atoms with van der Waals surface area (Å²) >= 11 is 5.26. The molecule has 1 N–H and O–H groups in total. The normalized spacial score (nSPS) is 18.9. The van der Waals surface area contributed by atoms with Crippen LogP contribution in [0, 0.1) is 0 Å². The average molecular weight is 605 g/mol. The van der Waals surface area contributed by atoms with Gasteiger partial charge in [-0.3, -0.25) is 10.3 Å². The Bertz CT molecular complexity index is 1740. The van der Waals surface area contributed by atoms with Crippen molar-refractivity contribution in [2.45, 2.75) is 48.5 Å². The molecule has 208 valence electrons. The lowest BCUT2D eigenvalue weighted by Crippen LogP contribution is -2.38. The van der Waals surface area contributed by atoms with Crippen molar-refractivity contribution in [1.82, 2.24) is 20.2 Å². The van der Waals surface area contributed by atoms with Gasteiger partial charge < -0.3 is 18.9 Å². The molecule has 5 aliphatic rings. The van der Waals surface area contributed by atoms with Gasteiger partial charge in [0.2, 0.25) is 19.5 Å².